The number of allylic oxidation sites excluding steroid dienone is 2. The molecule has 0 aromatic heterocycles. The molecule has 6 N–H and O–H groups in total. The lowest BCUT2D eigenvalue weighted by molar-refractivity contribution is -0.357. The van der Waals surface area contributed by atoms with Gasteiger partial charge in [0.25, 0.3) is 0 Å². The Morgan fingerprint density at radius 3 is 1.88 bits per heavy atom. The third-order valence-electron chi connectivity index (χ3n) is 3.54. The molecule has 0 amide bonds. The Balaban J connectivity index is 0.000000290. The van der Waals surface area contributed by atoms with Crippen LogP contribution in [0.5, 0.6) is 0 Å². The molecule has 0 fully saturated rings. The van der Waals surface area contributed by atoms with Crippen LogP contribution in [0.25, 0.3) is 5.57 Å². The Kier molecular flexibility index (Phi) is 6.07. The van der Waals surface area contributed by atoms with Crippen molar-refractivity contribution >= 4 is 16.9 Å². The predicted octanol–water partition coefficient (Wildman–Crippen LogP) is 4.07. The van der Waals surface area contributed by atoms with E-state index in [2.05, 4.69) is 4.74 Å². The molecule has 0 radical (unpaired) electrons. The van der Waals surface area contributed by atoms with Gasteiger partial charge < -0.3 is 11.5 Å². The third kappa shape index (κ3) is 6.27. The first-order valence-corrected chi connectivity index (χ1v) is 7.78. The number of para-hydroxylation sites is 1. The smallest absolute Gasteiger partial charge is 0.399 e. The van der Waals surface area contributed by atoms with Gasteiger partial charge in [0.1, 0.15) is 5.72 Å². The van der Waals surface area contributed by atoms with Crippen molar-refractivity contribution in [2.24, 2.45) is 5.73 Å². The van der Waals surface area contributed by atoms with Gasteiger partial charge in [-0.05, 0) is 41.5 Å². The van der Waals surface area contributed by atoms with E-state index in [9.17, 15) is 13.2 Å². The van der Waals surface area contributed by atoms with E-state index in [1.807, 2.05) is 30.3 Å². The van der Waals surface area contributed by atoms with Crippen LogP contribution in [0.2, 0.25) is 0 Å². The highest BCUT2D eigenvalue weighted by Gasteiger charge is 2.40. The maximum Gasteiger partial charge on any atom is 0.524 e. The summed E-state index contributed by atoms with van der Waals surface area (Å²) in [5.41, 5.74) is 17.7. The molecule has 138 valence electrons. The summed E-state index contributed by atoms with van der Waals surface area (Å²) in [7, 11) is 0. The molecule has 2 aromatic rings. The highest BCUT2D eigenvalue weighted by molar-refractivity contribution is 5.76. The minimum atomic E-state index is -4.76. The van der Waals surface area contributed by atoms with Gasteiger partial charge in [-0.1, -0.05) is 42.5 Å². The fourth-order valence-corrected chi connectivity index (χ4v) is 2.27. The fourth-order valence-electron chi connectivity index (χ4n) is 2.27. The molecule has 7 heteroatoms. The van der Waals surface area contributed by atoms with Crippen molar-refractivity contribution in [2.45, 2.75) is 18.5 Å². The van der Waals surface area contributed by atoms with Crippen LogP contribution in [-0.4, -0.2) is 12.1 Å². The second-order valence-corrected chi connectivity index (χ2v) is 5.73. The van der Waals surface area contributed by atoms with Crippen LogP contribution in [0, 0.1) is 0 Å². The molecule has 0 spiro atoms. The van der Waals surface area contributed by atoms with Crippen molar-refractivity contribution < 1.29 is 17.9 Å². The zero-order valence-corrected chi connectivity index (χ0v) is 13.9. The van der Waals surface area contributed by atoms with Crippen LogP contribution in [0.4, 0.5) is 24.5 Å². The van der Waals surface area contributed by atoms with Gasteiger partial charge >= 0.3 is 6.36 Å². The van der Waals surface area contributed by atoms with Crippen LogP contribution < -0.4 is 17.2 Å². The number of hydrogen-bond donors (Lipinski definition) is 3. The first kappa shape index (κ1) is 19.6. The summed E-state index contributed by atoms with van der Waals surface area (Å²) in [4.78, 5) is 0. The van der Waals surface area contributed by atoms with E-state index in [1.54, 1.807) is 30.3 Å². The topological polar surface area (TPSA) is 87.3 Å². The van der Waals surface area contributed by atoms with Crippen molar-refractivity contribution in [1.82, 2.24) is 0 Å². The Hall–Kier alpha value is -2.77. The van der Waals surface area contributed by atoms with Gasteiger partial charge in [-0.2, -0.15) is 0 Å². The molecule has 26 heavy (non-hydrogen) atoms. The summed E-state index contributed by atoms with van der Waals surface area (Å²) in [6.45, 7) is 0. The standard InChI is InChI=1S/C13H13F3N2O.C6H7N/c14-13(15,16)19-12(18)7-5-10(6-8-12)9-1-3-11(17)4-2-9;7-6-4-2-1-3-5-6/h1-7H,8,17-18H2;1-5H,7H2. The van der Waals surface area contributed by atoms with Gasteiger partial charge in [0.15, 0.2) is 0 Å². The lowest BCUT2D eigenvalue weighted by Crippen LogP contribution is -2.45. The number of rotatable bonds is 2. The van der Waals surface area contributed by atoms with Crippen molar-refractivity contribution in [3.05, 3.63) is 78.4 Å². The predicted molar refractivity (Wildman–Crippen MR) is 97.5 cm³/mol. The quantitative estimate of drug-likeness (QED) is 0.554. The maximum atomic E-state index is 12.2. The number of nitrogens with two attached hydrogens (primary N) is 3. The number of halogens is 3. The number of alkyl halides is 3. The van der Waals surface area contributed by atoms with Crippen LogP contribution >= 0.6 is 0 Å². The number of ether oxygens (including phenoxy) is 1. The zero-order chi connectivity index (χ0) is 19.2. The molecular weight excluding hydrogens is 343 g/mol. The summed E-state index contributed by atoms with van der Waals surface area (Å²) < 4.78 is 40.4. The maximum absolute atomic E-state index is 12.2. The zero-order valence-electron chi connectivity index (χ0n) is 13.9. The van der Waals surface area contributed by atoms with E-state index in [1.165, 1.54) is 12.2 Å². The first-order chi connectivity index (χ1) is 12.2. The number of anilines is 2. The molecule has 1 aliphatic rings. The molecule has 0 saturated heterocycles. The molecule has 1 unspecified atom stereocenters. The summed E-state index contributed by atoms with van der Waals surface area (Å²) >= 11 is 0. The van der Waals surface area contributed by atoms with Crippen LogP contribution in [0.15, 0.2) is 72.8 Å². The highest BCUT2D eigenvalue weighted by Crippen LogP contribution is 2.31. The van der Waals surface area contributed by atoms with Crippen molar-refractivity contribution in [3.8, 4) is 0 Å². The van der Waals surface area contributed by atoms with E-state index < -0.39 is 12.1 Å². The van der Waals surface area contributed by atoms with Crippen LogP contribution in [0.3, 0.4) is 0 Å². The van der Waals surface area contributed by atoms with E-state index in [0.29, 0.717) is 5.69 Å². The molecular formula is C19H20F3N3O. The first-order valence-electron chi connectivity index (χ1n) is 7.78. The summed E-state index contributed by atoms with van der Waals surface area (Å²) in [6, 6.07) is 16.5. The normalized spacial score (nSPS) is 19.3. The summed E-state index contributed by atoms with van der Waals surface area (Å²) in [5, 5.41) is 0. The molecule has 4 nitrogen and oxygen atoms in total. The molecule has 3 rings (SSSR count). The Morgan fingerprint density at radius 1 is 0.885 bits per heavy atom. The minimum Gasteiger partial charge on any atom is -0.399 e. The second-order valence-electron chi connectivity index (χ2n) is 5.73. The summed E-state index contributed by atoms with van der Waals surface area (Å²) in [5.74, 6) is 0. The van der Waals surface area contributed by atoms with Gasteiger partial charge in [0.2, 0.25) is 0 Å². The van der Waals surface area contributed by atoms with Gasteiger partial charge in [0.05, 0.1) is 0 Å². The fraction of sp³-hybridized carbons (Fsp3) is 0.158. The van der Waals surface area contributed by atoms with Gasteiger partial charge in [-0.3, -0.25) is 10.5 Å². The molecule has 0 bridgehead atoms. The molecule has 0 saturated carbocycles. The van der Waals surface area contributed by atoms with Gasteiger partial charge in [-0.15, -0.1) is 13.2 Å². The minimum absolute atomic E-state index is 0.0529. The van der Waals surface area contributed by atoms with Crippen molar-refractivity contribution in [2.75, 3.05) is 11.5 Å². The average molecular weight is 363 g/mol. The summed E-state index contributed by atoms with van der Waals surface area (Å²) in [6.07, 6.45) is -0.474. The molecule has 2 aromatic carbocycles. The molecule has 1 atom stereocenters. The molecule has 1 aliphatic carbocycles. The lowest BCUT2D eigenvalue weighted by atomic mass is 9.95. The highest BCUT2D eigenvalue weighted by atomic mass is 19.4. The third-order valence-corrected chi connectivity index (χ3v) is 3.54. The molecule has 0 aliphatic heterocycles. The SMILES string of the molecule is Nc1ccc(C2=CCC(N)(OC(F)(F)F)C=C2)cc1.Nc1ccccc1. The largest absolute Gasteiger partial charge is 0.524 e. The van der Waals surface area contributed by atoms with Gasteiger partial charge in [0, 0.05) is 17.8 Å². The molecule has 0 heterocycles. The van der Waals surface area contributed by atoms with E-state index in [0.717, 1.165) is 16.8 Å². The van der Waals surface area contributed by atoms with Gasteiger partial charge in [-0.25, -0.2) is 0 Å². The van der Waals surface area contributed by atoms with E-state index in [4.69, 9.17) is 17.2 Å². The van der Waals surface area contributed by atoms with E-state index in [-0.39, 0.29) is 6.42 Å². The number of benzene rings is 2. The second kappa shape index (κ2) is 8.07. The number of nitrogen functional groups attached to an aromatic ring is 2. The monoisotopic (exact) mass is 363 g/mol. The van der Waals surface area contributed by atoms with Crippen LogP contribution in [0.1, 0.15) is 12.0 Å². The van der Waals surface area contributed by atoms with E-state index >= 15 is 0 Å². The Bertz CT molecular complexity index is 771. The van der Waals surface area contributed by atoms with Crippen molar-refractivity contribution in [1.29, 1.82) is 0 Å². The number of hydrogen-bond acceptors (Lipinski definition) is 4. The van der Waals surface area contributed by atoms with Crippen LogP contribution in [-0.2, 0) is 4.74 Å². The Labute approximate surface area is 149 Å². The average Bonchev–Trinajstić information content (AvgIpc) is 2.56. The lowest BCUT2D eigenvalue weighted by Gasteiger charge is -2.28. The van der Waals surface area contributed by atoms with Crippen molar-refractivity contribution in [3.63, 3.8) is 0 Å². The Morgan fingerprint density at radius 2 is 1.46 bits per heavy atom.